The van der Waals surface area contributed by atoms with Crippen LogP contribution in [0.2, 0.25) is 0 Å². The molecule has 9 heteroatoms. The average molecular weight is 460 g/mol. The fourth-order valence-corrected chi connectivity index (χ4v) is 5.05. The van der Waals surface area contributed by atoms with E-state index in [-0.39, 0.29) is 30.6 Å². The predicted octanol–water partition coefficient (Wildman–Crippen LogP) is 3.65. The van der Waals surface area contributed by atoms with Gasteiger partial charge in [-0.1, -0.05) is 30.0 Å². The molecule has 0 saturated carbocycles. The van der Waals surface area contributed by atoms with Gasteiger partial charge in [0.05, 0.1) is 36.4 Å². The van der Waals surface area contributed by atoms with Crippen LogP contribution >= 0.6 is 11.8 Å². The van der Waals surface area contributed by atoms with Gasteiger partial charge in [0.2, 0.25) is 5.91 Å². The lowest BCUT2D eigenvalue weighted by Gasteiger charge is -2.36. The van der Waals surface area contributed by atoms with E-state index in [1.807, 2.05) is 5.41 Å². The zero-order valence-corrected chi connectivity index (χ0v) is 18.9. The highest BCUT2D eigenvalue weighted by atomic mass is 32.2. The highest BCUT2D eigenvalue weighted by molar-refractivity contribution is 8.16. The molecular weight excluding hydrogens is 433 g/mol. The molecular formula is C23H26FN3O4S. The van der Waals surface area contributed by atoms with Crippen molar-refractivity contribution in [1.29, 1.82) is 0 Å². The van der Waals surface area contributed by atoms with E-state index in [1.54, 1.807) is 36.9 Å². The molecule has 1 saturated heterocycles. The van der Waals surface area contributed by atoms with E-state index in [4.69, 9.17) is 9.47 Å². The summed E-state index contributed by atoms with van der Waals surface area (Å²) in [5.41, 5.74) is 1.73. The summed E-state index contributed by atoms with van der Waals surface area (Å²) in [5, 5.41) is 5.35. The maximum absolute atomic E-state index is 14.9. The van der Waals surface area contributed by atoms with Gasteiger partial charge in [-0.05, 0) is 38.2 Å². The van der Waals surface area contributed by atoms with E-state index in [1.165, 1.54) is 17.8 Å². The summed E-state index contributed by atoms with van der Waals surface area (Å²) in [7, 11) is 0. The van der Waals surface area contributed by atoms with Crippen molar-refractivity contribution in [3.05, 3.63) is 58.0 Å². The molecule has 2 atom stereocenters. The zero-order valence-electron chi connectivity index (χ0n) is 18.1. The van der Waals surface area contributed by atoms with Gasteiger partial charge in [-0.25, -0.2) is 14.2 Å². The average Bonchev–Trinajstić information content (AvgIpc) is 3.42. The Morgan fingerprint density at radius 1 is 1.38 bits per heavy atom. The van der Waals surface area contributed by atoms with Crippen LogP contribution in [0, 0.1) is 5.82 Å². The molecule has 1 aromatic carbocycles. The summed E-state index contributed by atoms with van der Waals surface area (Å²) in [6.45, 7) is 4.82. The van der Waals surface area contributed by atoms with E-state index < -0.39 is 17.8 Å². The fourth-order valence-electron chi connectivity index (χ4n) is 4.09. The lowest BCUT2D eigenvalue weighted by molar-refractivity contribution is -0.139. The van der Waals surface area contributed by atoms with Crippen LogP contribution < -0.4 is 5.32 Å². The molecule has 1 N–H and O–H groups in total. The number of rotatable bonds is 7. The SMILES string of the molecule is CCOC(=O)C1=C(C)N=C2SC=C(CC(=O)NC[C@H]3CCCO3)N2[C@H]1c1ccccc1F. The number of hydrogen-bond acceptors (Lipinski definition) is 7. The van der Waals surface area contributed by atoms with Crippen LogP contribution in [0.5, 0.6) is 0 Å². The van der Waals surface area contributed by atoms with Crippen LogP contribution in [0.15, 0.2) is 51.6 Å². The molecule has 0 unspecified atom stereocenters. The Kier molecular flexibility index (Phi) is 6.95. The standard InChI is InChI=1S/C23H26FN3O4S/c1-3-30-22(29)20-14(2)26-23-27(21(20)17-8-4-5-9-18(17)24)15(13-32-23)11-19(28)25-12-16-7-6-10-31-16/h4-5,8-9,13,16,21H,3,6-7,10-12H2,1-2H3,(H,25,28)/t16-,21+/m1/s1. The Balaban J connectivity index is 1.61. The van der Waals surface area contributed by atoms with Crippen molar-refractivity contribution in [2.45, 2.75) is 45.3 Å². The van der Waals surface area contributed by atoms with Crippen LogP contribution in [-0.4, -0.2) is 47.8 Å². The Bertz CT molecular complexity index is 1000. The second kappa shape index (κ2) is 9.87. The number of amides is 1. The molecule has 3 aliphatic heterocycles. The van der Waals surface area contributed by atoms with E-state index in [0.717, 1.165) is 19.4 Å². The molecule has 0 aliphatic carbocycles. The van der Waals surface area contributed by atoms with Gasteiger partial charge in [-0.2, -0.15) is 0 Å². The summed E-state index contributed by atoms with van der Waals surface area (Å²) in [6.07, 6.45) is 2.07. The third kappa shape index (κ3) is 4.59. The van der Waals surface area contributed by atoms with Crippen LogP contribution in [0.3, 0.4) is 0 Å². The second-order valence-corrected chi connectivity index (χ2v) is 8.59. The monoisotopic (exact) mass is 459 g/mol. The molecule has 0 spiro atoms. The number of halogens is 1. The number of carbonyl (C=O) groups is 2. The van der Waals surface area contributed by atoms with E-state index in [9.17, 15) is 14.0 Å². The largest absolute Gasteiger partial charge is 0.463 e. The first-order valence-electron chi connectivity index (χ1n) is 10.7. The van der Waals surface area contributed by atoms with Gasteiger partial charge in [0, 0.05) is 24.4 Å². The number of thioether (sulfide) groups is 1. The maximum atomic E-state index is 14.9. The van der Waals surface area contributed by atoms with Crippen molar-refractivity contribution in [2.75, 3.05) is 19.8 Å². The molecule has 32 heavy (non-hydrogen) atoms. The summed E-state index contributed by atoms with van der Waals surface area (Å²) < 4.78 is 25.7. The number of esters is 1. The van der Waals surface area contributed by atoms with Crippen molar-refractivity contribution in [1.82, 2.24) is 10.2 Å². The molecule has 1 fully saturated rings. The Labute approximate surface area is 190 Å². The number of aliphatic imine (C=N–C) groups is 1. The molecule has 3 heterocycles. The number of allylic oxidation sites excluding steroid dienone is 1. The lowest BCUT2D eigenvalue weighted by Crippen LogP contribution is -2.39. The van der Waals surface area contributed by atoms with Gasteiger partial charge in [0.15, 0.2) is 5.17 Å². The van der Waals surface area contributed by atoms with Crippen molar-refractivity contribution >= 4 is 28.8 Å². The normalized spacial score (nSPS) is 22.4. The molecule has 4 rings (SSSR count). The molecule has 7 nitrogen and oxygen atoms in total. The lowest BCUT2D eigenvalue weighted by atomic mass is 9.93. The van der Waals surface area contributed by atoms with Gasteiger partial charge in [-0.15, -0.1) is 0 Å². The summed E-state index contributed by atoms with van der Waals surface area (Å²) in [6, 6.07) is 5.57. The number of benzene rings is 1. The number of nitrogens with one attached hydrogen (secondary N) is 1. The first-order valence-corrected chi connectivity index (χ1v) is 11.6. The number of carbonyl (C=O) groups excluding carboxylic acids is 2. The zero-order chi connectivity index (χ0) is 22.7. The highest BCUT2D eigenvalue weighted by Gasteiger charge is 2.42. The molecule has 1 amide bonds. The van der Waals surface area contributed by atoms with Crippen molar-refractivity contribution in [3.8, 4) is 0 Å². The summed E-state index contributed by atoms with van der Waals surface area (Å²) >= 11 is 1.36. The maximum Gasteiger partial charge on any atom is 0.338 e. The highest BCUT2D eigenvalue weighted by Crippen LogP contribution is 2.45. The third-order valence-corrected chi connectivity index (χ3v) is 6.48. The Hall–Kier alpha value is -2.65. The smallest absolute Gasteiger partial charge is 0.338 e. The van der Waals surface area contributed by atoms with Gasteiger partial charge < -0.3 is 19.7 Å². The second-order valence-electron chi connectivity index (χ2n) is 7.75. The molecule has 1 aromatic rings. The van der Waals surface area contributed by atoms with Crippen LogP contribution in [0.1, 0.15) is 44.7 Å². The fraction of sp³-hybridized carbons (Fsp3) is 0.435. The number of ether oxygens (including phenoxy) is 2. The minimum Gasteiger partial charge on any atom is -0.463 e. The van der Waals surface area contributed by atoms with Crippen molar-refractivity contribution < 1.29 is 23.5 Å². The summed E-state index contributed by atoms with van der Waals surface area (Å²) in [4.78, 5) is 31.8. The number of fused-ring (bicyclic) bond motifs is 1. The van der Waals surface area contributed by atoms with Crippen molar-refractivity contribution in [3.63, 3.8) is 0 Å². The quantitative estimate of drug-likeness (QED) is 0.627. The Morgan fingerprint density at radius 3 is 2.91 bits per heavy atom. The molecule has 170 valence electrons. The summed E-state index contributed by atoms with van der Waals surface area (Å²) in [5.74, 6) is -1.14. The van der Waals surface area contributed by atoms with Gasteiger partial charge in [-0.3, -0.25) is 4.79 Å². The Morgan fingerprint density at radius 2 is 2.19 bits per heavy atom. The van der Waals surface area contributed by atoms with Gasteiger partial charge >= 0.3 is 5.97 Å². The van der Waals surface area contributed by atoms with Crippen LogP contribution in [-0.2, 0) is 19.1 Å². The minimum atomic E-state index is -0.769. The first kappa shape index (κ1) is 22.5. The number of hydrogen-bond donors (Lipinski definition) is 1. The molecule has 0 radical (unpaired) electrons. The van der Waals surface area contributed by atoms with Crippen LogP contribution in [0.25, 0.3) is 0 Å². The molecule has 0 bridgehead atoms. The van der Waals surface area contributed by atoms with Crippen molar-refractivity contribution in [2.24, 2.45) is 4.99 Å². The number of nitrogens with zero attached hydrogens (tertiary/aromatic N) is 2. The molecule has 0 aromatic heterocycles. The van der Waals surface area contributed by atoms with E-state index >= 15 is 0 Å². The predicted molar refractivity (Wildman–Crippen MR) is 120 cm³/mol. The van der Waals surface area contributed by atoms with Crippen LogP contribution in [0.4, 0.5) is 4.39 Å². The van der Waals surface area contributed by atoms with Gasteiger partial charge in [0.25, 0.3) is 0 Å². The topological polar surface area (TPSA) is 80.2 Å². The minimum absolute atomic E-state index is 0.0464. The van der Waals surface area contributed by atoms with E-state index in [0.29, 0.717) is 28.7 Å². The van der Waals surface area contributed by atoms with E-state index in [2.05, 4.69) is 10.3 Å². The third-order valence-electron chi connectivity index (χ3n) is 5.59. The van der Waals surface area contributed by atoms with Gasteiger partial charge in [0.1, 0.15) is 5.82 Å². The first-order chi connectivity index (χ1) is 15.5. The number of amidine groups is 1. The molecule has 3 aliphatic rings.